The van der Waals surface area contributed by atoms with Crippen LogP contribution in [-0.2, 0) is 15.0 Å². The van der Waals surface area contributed by atoms with Crippen LogP contribution in [-0.4, -0.2) is 37.9 Å². The Balaban J connectivity index is 1.91. The van der Waals surface area contributed by atoms with E-state index >= 15 is 0 Å². The summed E-state index contributed by atoms with van der Waals surface area (Å²) in [4.78, 5) is 22.8. The smallest absolute Gasteiger partial charge is 0.183 e. The van der Waals surface area contributed by atoms with E-state index in [2.05, 4.69) is 19.1 Å². The van der Waals surface area contributed by atoms with E-state index in [1.165, 1.54) is 0 Å². The molecule has 0 saturated heterocycles. The first-order valence-corrected chi connectivity index (χ1v) is 10.4. The van der Waals surface area contributed by atoms with Gasteiger partial charge in [-0.05, 0) is 47.9 Å². The van der Waals surface area contributed by atoms with Crippen LogP contribution in [0.25, 0.3) is 0 Å². The highest BCUT2D eigenvalue weighted by molar-refractivity contribution is 5.82. The predicted molar refractivity (Wildman–Crippen MR) is 124 cm³/mol. The first-order chi connectivity index (χ1) is 15.5. The zero-order chi connectivity index (χ0) is 23.0. The van der Waals surface area contributed by atoms with Gasteiger partial charge in [0.1, 0.15) is 24.7 Å². The fraction of sp³-hybridized carbons (Fsp3) is 0.231. The summed E-state index contributed by atoms with van der Waals surface area (Å²) < 4.78 is 11.1. The highest BCUT2D eigenvalue weighted by Crippen LogP contribution is 2.39. The van der Waals surface area contributed by atoms with E-state index in [4.69, 9.17) is 20.9 Å². The van der Waals surface area contributed by atoms with Crippen molar-refractivity contribution >= 4 is 11.6 Å². The van der Waals surface area contributed by atoms with Crippen LogP contribution in [0.3, 0.4) is 0 Å². The van der Waals surface area contributed by atoms with Crippen molar-refractivity contribution in [3.63, 3.8) is 0 Å². The number of benzene rings is 3. The maximum Gasteiger partial charge on any atom is 0.183 e. The molecule has 32 heavy (non-hydrogen) atoms. The van der Waals surface area contributed by atoms with Gasteiger partial charge in [0.2, 0.25) is 0 Å². The molecule has 3 aromatic carbocycles. The minimum atomic E-state index is -0.446. The van der Waals surface area contributed by atoms with Crippen molar-refractivity contribution in [1.82, 2.24) is 0 Å². The van der Waals surface area contributed by atoms with Crippen molar-refractivity contribution in [1.29, 1.82) is 0 Å². The number of carbonyl (C=O) groups is 2. The molecule has 0 aliphatic rings. The number of ketones is 2. The number of hydrogen-bond acceptors (Lipinski definition) is 6. The van der Waals surface area contributed by atoms with Crippen LogP contribution in [0.4, 0.5) is 0 Å². The summed E-state index contributed by atoms with van der Waals surface area (Å²) in [6, 6.07) is 25.6. The van der Waals surface area contributed by atoms with Gasteiger partial charge in [-0.3, -0.25) is 9.59 Å². The van der Waals surface area contributed by atoms with E-state index < -0.39 is 5.41 Å². The Hall–Kier alpha value is -3.48. The molecule has 6 heteroatoms. The number of ether oxygens (including phenoxy) is 2. The van der Waals surface area contributed by atoms with Gasteiger partial charge in [0.25, 0.3) is 0 Å². The van der Waals surface area contributed by atoms with Crippen LogP contribution in [0.15, 0.2) is 78.9 Å². The number of rotatable bonds is 11. The van der Waals surface area contributed by atoms with Gasteiger partial charge in [-0.2, -0.15) is 0 Å². The lowest BCUT2D eigenvalue weighted by molar-refractivity contribution is -0.120. The maximum atomic E-state index is 11.4. The molecule has 0 atom stereocenters. The normalized spacial score (nSPS) is 11.1. The Bertz CT molecular complexity index is 968. The molecule has 4 N–H and O–H groups in total. The highest BCUT2D eigenvalue weighted by atomic mass is 16.5. The molecule has 0 fully saturated rings. The molecular formula is C26H28N2O4. The maximum absolute atomic E-state index is 11.4. The van der Waals surface area contributed by atoms with Crippen LogP contribution in [0, 0.1) is 0 Å². The van der Waals surface area contributed by atoms with E-state index in [1.54, 1.807) is 0 Å². The predicted octanol–water partition coefficient (Wildman–Crippen LogP) is 2.85. The summed E-state index contributed by atoms with van der Waals surface area (Å²) in [7, 11) is 0. The third kappa shape index (κ3) is 5.41. The van der Waals surface area contributed by atoms with Gasteiger partial charge in [0.05, 0.1) is 13.1 Å². The summed E-state index contributed by atoms with van der Waals surface area (Å²) in [5, 5.41) is 0. The number of Topliss-reactive ketones (excluding diaryl/α,β-unsaturated/α-hetero) is 2. The zero-order valence-electron chi connectivity index (χ0n) is 18.1. The van der Waals surface area contributed by atoms with E-state index in [0.29, 0.717) is 11.5 Å². The Kier molecular flexibility index (Phi) is 7.76. The molecule has 3 aromatic rings. The quantitative estimate of drug-likeness (QED) is 0.452. The molecular weight excluding hydrogens is 404 g/mol. The van der Waals surface area contributed by atoms with Crippen molar-refractivity contribution in [2.75, 3.05) is 26.3 Å². The lowest BCUT2D eigenvalue weighted by atomic mass is 9.71. The van der Waals surface area contributed by atoms with E-state index in [0.717, 1.165) is 16.7 Å². The molecule has 0 unspecified atom stereocenters. The monoisotopic (exact) mass is 432 g/mol. The molecule has 166 valence electrons. The van der Waals surface area contributed by atoms with Gasteiger partial charge < -0.3 is 20.9 Å². The lowest BCUT2D eigenvalue weighted by Crippen LogP contribution is -2.25. The Morgan fingerprint density at radius 3 is 1.41 bits per heavy atom. The van der Waals surface area contributed by atoms with Crippen LogP contribution < -0.4 is 20.9 Å². The van der Waals surface area contributed by atoms with Crippen molar-refractivity contribution < 1.29 is 19.1 Å². The van der Waals surface area contributed by atoms with Gasteiger partial charge in [-0.1, -0.05) is 54.6 Å². The molecule has 0 amide bonds. The van der Waals surface area contributed by atoms with Crippen molar-refractivity contribution in [2.45, 2.75) is 12.3 Å². The van der Waals surface area contributed by atoms with E-state index in [9.17, 15) is 9.59 Å². The van der Waals surface area contributed by atoms with Crippen molar-refractivity contribution in [3.8, 4) is 11.5 Å². The highest BCUT2D eigenvalue weighted by Gasteiger charge is 2.31. The Morgan fingerprint density at radius 1 is 0.656 bits per heavy atom. The second-order valence-corrected chi connectivity index (χ2v) is 7.60. The molecule has 6 nitrogen and oxygen atoms in total. The zero-order valence-corrected chi connectivity index (χ0v) is 18.1. The third-order valence-electron chi connectivity index (χ3n) is 5.47. The number of carbonyl (C=O) groups excluding carboxylic acids is 2. The van der Waals surface area contributed by atoms with Crippen LogP contribution in [0.1, 0.15) is 23.6 Å². The average Bonchev–Trinajstić information content (AvgIpc) is 2.86. The molecule has 0 aromatic heterocycles. The van der Waals surface area contributed by atoms with E-state index in [1.807, 2.05) is 66.7 Å². The van der Waals surface area contributed by atoms with Crippen molar-refractivity contribution in [2.24, 2.45) is 11.5 Å². The molecule has 3 rings (SSSR count). The lowest BCUT2D eigenvalue weighted by Gasteiger charge is -2.32. The molecule has 0 heterocycles. The molecule has 0 bridgehead atoms. The average molecular weight is 433 g/mol. The first kappa shape index (κ1) is 23.2. The number of nitrogens with two attached hydrogens (primary N) is 2. The SMILES string of the molecule is CC(c1ccccc1)(c1ccc(OCC(=O)CN)cc1)c1ccc(OCC(=O)CN)cc1. The summed E-state index contributed by atoms with van der Waals surface area (Å²) in [5.74, 6) is 0.913. The number of hydrogen-bond donors (Lipinski definition) is 2. The van der Waals surface area contributed by atoms with Crippen LogP contribution >= 0.6 is 0 Å². The molecule has 0 aliphatic heterocycles. The van der Waals surface area contributed by atoms with Crippen LogP contribution in [0.5, 0.6) is 11.5 Å². The van der Waals surface area contributed by atoms with Gasteiger partial charge in [0.15, 0.2) is 11.6 Å². The summed E-state index contributed by atoms with van der Waals surface area (Å²) in [5.41, 5.74) is 13.5. The standard InChI is InChI=1S/C26H28N2O4/c1-26(19-5-3-2-4-6-19,20-7-11-24(12-8-20)31-17-22(29)15-27)21-9-13-25(14-10-21)32-18-23(30)16-28/h2-14H,15-18,27-28H2,1H3. The van der Waals surface area contributed by atoms with E-state index in [-0.39, 0.29) is 37.9 Å². The van der Waals surface area contributed by atoms with Gasteiger partial charge in [0, 0.05) is 5.41 Å². The molecule has 0 spiro atoms. The molecule has 0 radical (unpaired) electrons. The minimum absolute atomic E-state index is 0.0374. The van der Waals surface area contributed by atoms with Gasteiger partial charge >= 0.3 is 0 Å². The first-order valence-electron chi connectivity index (χ1n) is 10.4. The van der Waals surface area contributed by atoms with Crippen molar-refractivity contribution in [3.05, 3.63) is 95.6 Å². The summed E-state index contributed by atoms with van der Waals surface area (Å²) >= 11 is 0. The summed E-state index contributed by atoms with van der Waals surface area (Å²) in [6.07, 6.45) is 0. The fourth-order valence-electron chi connectivity index (χ4n) is 3.49. The second-order valence-electron chi connectivity index (χ2n) is 7.60. The summed E-state index contributed by atoms with van der Waals surface area (Å²) in [6.45, 7) is 2.00. The third-order valence-corrected chi connectivity index (χ3v) is 5.47. The minimum Gasteiger partial charge on any atom is -0.486 e. The Morgan fingerprint density at radius 2 is 1.03 bits per heavy atom. The molecule has 0 aliphatic carbocycles. The second kappa shape index (κ2) is 10.7. The Labute approximate surface area is 188 Å². The van der Waals surface area contributed by atoms with Gasteiger partial charge in [-0.25, -0.2) is 0 Å². The van der Waals surface area contributed by atoms with Crippen LogP contribution in [0.2, 0.25) is 0 Å². The largest absolute Gasteiger partial charge is 0.486 e. The fourth-order valence-corrected chi connectivity index (χ4v) is 3.49. The van der Waals surface area contributed by atoms with Gasteiger partial charge in [-0.15, -0.1) is 0 Å². The topological polar surface area (TPSA) is 105 Å². The molecule has 0 saturated carbocycles.